The standard InChI is InChI=1S/C49H26N6O/c50-27-29-16-20-41-34(24-29)35-25-30(28-51)17-21-42(35)55(41)43-14-5-15-44-46(43)49(37-10-6-22-52-47(37)48-38(49)11-7-23-53-48)36-19-18-31(26-45(36)56-44)54-39-12-3-1-8-32(39)33-9-2-4-13-40(33)54/h1-26H. The Labute approximate surface area is 320 Å². The zero-order valence-corrected chi connectivity index (χ0v) is 29.6. The first kappa shape index (κ1) is 30.5. The van der Waals surface area contributed by atoms with Gasteiger partial charge in [0.1, 0.15) is 11.5 Å². The Morgan fingerprint density at radius 1 is 0.482 bits per heavy atom. The lowest BCUT2D eigenvalue weighted by Gasteiger charge is -2.40. The number of nitrogens with zero attached hydrogens (tertiary/aromatic N) is 6. The molecule has 1 aliphatic carbocycles. The average Bonchev–Trinajstić information content (AvgIpc) is 3.87. The third kappa shape index (κ3) is 3.78. The summed E-state index contributed by atoms with van der Waals surface area (Å²) in [7, 11) is 0. The SMILES string of the molecule is N#Cc1ccc2c(c1)c1cc(C#N)ccc1n2-c1cccc2c1C1(c3ccc(-n4c5ccccc5c5ccccc54)cc3O2)c2cccnc2-c2ncccc21. The third-order valence-corrected chi connectivity index (χ3v) is 11.7. The van der Waals surface area contributed by atoms with Crippen LogP contribution in [0.25, 0.3) is 66.4 Å². The van der Waals surface area contributed by atoms with E-state index in [4.69, 9.17) is 14.7 Å². The normalized spacial score (nSPS) is 13.2. The molecule has 6 aromatic carbocycles. The summed E-state index contributed by atoms with van der Waals surface area (Å²) in [6.07, 6.45) is 3.67. The van der Waals surface area contributed by atoms with Crippen molar-refractivity contribution in [3.8, 4) is 46.4 Å². The molecule has 7 nitrogen and oxygen atoms in total. The number of fused-ring (bicyclic) bond motifs is 15. The quantitative estimate of drug-likeness (QED) is 0.178. The summed E-state index contributed by atoms with van der Waals surface area (Å²) in [4.78, 5) is 9.96. The fraction of sp³-hybridized carbons (Fsp3) is 0.0204. The van der Waals surface area contributed by atoms with Gasteiger partial charge in [0, 0.05) is 56.8 Å². The lowest BCUT2D eigenvalue weighted by Crippen LogP contribution is -2.33. The van der Waals surface area contributed by atoms with Gasteiger partial charge < -0.3 is 13.9 Å². The summed E-state index contributed by atoms with van der Waals surface area (Å²) in [5.41, 5.74) is 11.9. The highest BCUT2D eigenvalue weighted by atomic mass is 16.5. The summed E-state index contributed by atoms with van der Waals surface area (Å²) in [5, 5.41) is 24.0. The van der Waals surface area contributed by atoms with Crippen molar-refractivity contribution in [2.45, 2.75) is 5.41 Å². The molecule has 0 fully saturated rings. The van der Waals surface area contributed by atoms with Gasteiger partial charge in [-0.05, 0) is 90.0 Å². The van der Waals surface area contributed by atoms with Gasteiger partial charge in [-0.25, -0.2) is 0 Å². The molecule has 0 saturated heterocycles. The van der Waals surface area contributed by atoms with E-state index in [1.54, 1.807) is 0 Å². The van der Waals surface area contributed by atoms with E-state index in [1.165, 1.54) is 10.8 Å². The van der Waals surface area contributed by atoms with Crippen molar-refractivity contribution in [2.75, 3.05) is 0 Å². The van der Waals surface area contributed by atoms with Crippen LogP contribution in [0.15, 0.2) is 158 Å². The van der Waals surface area contributed by atoms with Gasteiger partial charge in [-0.2, -0.15) is 10.5 Å². The molecule has 5 heterocycles. The largest absolute Gasteiger partial charge is 0.457 e. The minimum Gasteiger partial charge on any atom is -0.457 e. The van der Waals surface area contributed by atoms with Crippen LogP contribution in [-0.2, 0) is 5.41 Å². The first-order chi connectivity index (χ1) is 27.7. The molecule has 0 saturated carbocycles. The number of aromatic nitrogens is 4. The van der Waals surface area contributed by atoms with Crippen molar-refractivity contribution in [1.29, 1.82) is 10.5 Å². The third-order valence-electron chi connectivity index (χ3n) is 11.7. The number of pyridine rings is 2. The monoisotopic (exact) mass is 714 g/mol. The van der Waals surface area contributed by atoms with Crippen LogP contribution in [0.2, 0.25) is 0 Å². The van der Waals surface area contributed by atoms with Crippen molar-refractivity contribution in [1.82, 2.24) is 19.1 Å². The number of hydrogen-bond acceptors (Lipinski definition) is 5. The smallest absolute Gasteiger partial charge is 0.134 e. The molecule has 0 bridgehead atoms. The molecule has 4 aromatic heterocycles. The van der Waals surface area contributed by atoms with Gasteiger partial charge in [-0.15, -0.1) is 0 Å². The molecule has 1 aliphatic heterocycles. The highest BCUT2D eigenvalue weighted by molar-refractivity contribution is 6.11. The van der Waals surface area contributed by atoms with E-state index >= 15 is 0 Å². The first-order valence-electron chi connectivity index (χ1n) is 18.4. The van der Waals surface area contributed by atoms with Crippen LogP contribution in [0.5, 0.6) is 11.5 Å². The maximum atomic E-state index is 9.92. The van der Waals surface area contributed by atoms with Crippen LogP contribution < -0.4 is 4.74 Å². The van der Waals surface area contributed by atoms with E-state index < -0.39 is 5.41 Å². The van der Waals surface area contributed by atoms with Gasteiger partial charge in [-0.1, -0.05) is 60.7 Å². The Kier molecular flexibility index (Phi) is 5.99. The van der Waals surface area contributed by atoms with Crippen molar-refractivity contribution in [2.24, 2.45) is 0 Å². The summed E-state index contributed by atoms with van der Waals surface area (Å²) < 4.78 is 11.7. The van der Waals surface area contributed by atoms with Crippen LogP contribution in [0, 0.1) is 22.7 Å². The molecule has 0 radical (unpaired) electrons. The van der Waals surface area contributed by atoms with Crippen LogP contribution in [0.1, 0.15) is 33.4 Å². The van der Waals surface area contributed by atoms with Gasteiger partial charge in [-0.3, -0.25) is 9.97 Å². The fourth-order valence-corrected chi connectivity index (χ4v) is 9.59. The van der Waals surface area contributed by atoms with E-state index in [0.29, 0.717) is 11.1 Å². The molecule has 1 spiro atoms. The van der Waals surface area contributed by atoms with Gasteiger partial charge in [0.05, 0.1) is 67.8 Å². The molecule has 7 heteroatoms. The Hall–Kier alpha value is -8.00. The number of ether oxygens (including phenoxy) is 1. The molecule has 2 aliphatic rings. The van der Waals surface area contributed by atoms with Crippen LogP contribution in [-0.4, -0.2) is 19.1 Å². The number of nitriles is 2. The number of para-hydroxylation sites is 2. The highest BCUT2D eigenvalue weighted by Gasteiger charge is 2.54. The van der Waals surface area contributed by atoms with E-state index in [0.717, 1.165) is 89.4 Å². The number of benzene rings is 6. The maximum Gasteiger partial charge on any atom is 0.134 e. The predicted molar refractivity (Wildman–Crippen MR) is 218 cm³/mol. The van der Waals surface area contributed by atoms with Crippen LogP contribution in [0.3, 0.4) is 0 Å². The Morgan fingerprint density at radius 3 is 1.68 bits per heavy atom. The minimum absolute atomic E-state index is 0.553. The van der Waals surface area contributed by atoms with E-state index in [1.807, 2.05) is 67.0 Å². The molecular formula is C49H26N6O. The number of rotatable bonds is 2. The van der Waals surface area contributed by atoms with E-state index in [2.05, 4.69) is 112 Å². The second-order valence-corrected chi connectivity index (χ2v) is 14.4. The van der Waals surface area contributed by atoms with Crippen molar-refractivity contribution >= 4 is 43.6 Å². The maximum absolute atomic E-state index is 9.92. The molecule has 0 unspecified atom stereocenters. The predicted octanol–water partition coefficient (Wildman–Crippen LogP) is 10.9. The second-order valence-electron chi connectivity index (χ2n) is 14.4. The van der Waals surface area contributed by atoms with Gasteiger partial charge in [0.25, 0.3) is 0 Å². The minimum atomic E-state index is -0.867. The fourth-order valence-electron chi connectivity index (χ4n) is 9.59. The summed E-state index contributed by atoms with van der Waals surface area (Å²) in [5.74, 6) is 1.47. The van der Waals surface area contributed by atoms with Crippen molar-refractivity contribution < 1.29 is 4.74 Å². The summed E-state index contributed by atoms with van der Waals surface area (Å²) >= 11 is 0. The molecule has 10 aromatic rings. The van der Waals surface area contributed by atoms with Crippen LogP contribution in [0.4, 0.5) is 0 Å². The summed E-state index contributed by atoms with van der Waals surface area (Å²) in [6.45, 7) is 0. The molecule has 12 rings (SSSR count). The summed E-state index contributed by atoms with van der Waals surface area (Å²) in [6, 6.07) is 54.4. The number of hydrogen-bond donors (Lipinski definition) is 0. The molecule has 0 N–H and O–H groups in total. The molecule has 258 valence electrons. The zero-order valence-electron chi connectivity index (χ0n) is 29.6. The van der Waals surface area contributed by atoms with Gasteiger partial charge in [0.2, 0.25) is 0 Å². The highest BCUT2D eigenvalue weighted by Crippen LogP contribution is 2.63. The van der Waals surface area contributed by atoms with Crippen molar-refractivity contribution in [3.05, 3.63) is 191 Å². The van der Waals surface area contributed by atoms with Crippen LogP contribution >= 0.6 is 0 Å². The molecule has 0 amide bonds. The van der Waals surface area contributed by atoms with Gasteiger partial charge >= 0.3 is 0 Å². The average molecular weight is 715 g/mol. The molecule has 0 atom stereocenters. The first-order valence-corrected chi connectivity index (χ1v) is 18.4. The second kappa shape index (κ2) is 11.0. The molecular weight excluding hydrogens is 689 g/mol. The molecule has 56 heavy (non-hydrogen) atoms. The van der Waals surface area contributed by atoms with E-state index in [9.17, 15) is 10.5 Å². The van der Waals surface area contributed by atoms with E-state index in [-0.39, 0.29) is 0 Å². The zero-order chi connectivity index (χ0) is 37.1. The lowest BCUT2D eigenvalue weighted by molar-refractivity contribution is 0.435. The Morgan fingerprint density at radius 2 is 1.07 bits per heavy atom. The van der Waals surface area contributed by atoms with Gasteiger partial charge in [0.15, 0.2) is 0 Å². The van der Waals surface area contributed by atoms with Crippen molar-refractivity contribution in [3.63, 3.8) is 0 Å². The Bertz CT molecular complexity index is 3280. The lowest BCUT2D eigenvalue weighted by atomic mass is 9.65. The topological polar surface area (TPSA) is 92.5 Å². The Balaban J connectivity index is 1.20.